The number of carbonyl (C=O) groups is 1. The first-order valence-corrected chi connectivity index (χ1v) is 13.6. The van der Waals surface area contributed by atoms with Crippen LogP contribution in [0.25, 0.3) is 0 Å². The second kappa shape index (κ2) is 11.3. The Morgan fingerprint density at radius 1 is 0.944 bits per heavy atom. The van der Waals surface area contributed by atoms with Gasteiger partial charge in [-0.3, -0.25) is 9.10 Å². The lowest BCUT2D eigenvalue weighted by molar-refractivity contribution is 0.0947. The topological polar surface area (TPSA) is 94.2 Å². The molecule has 1 amide bonds. The number of nitrogens with zero attached hydrogens (tertiary/aromatic N) is 1. The van der Waals surface area contributed by atoms with E-state index in [1.54, 1.807) is 42.5 Å². The Morgan fingerprint density at radius 3 is 2.28 bits per heavy atom. The molecule has 1 heterocycles. The van der Waals surface area contributed by atoms with Crippen LogP contribution in [-0.2, 0) is 23.0 Å². The lowest BCUT2D eigenvalue weighted by Crippen LogP contribution is -2.30. The molecule has 36 heavy (non-hydrogen) atoms. The Kier molecular flexibility index (Phi) is 8.00. The number of hydrogen-bond donors (Lipinski definition) is 1. The van der Waals surface area contributed by atoms with Gasteiger partial charge in [0.2, 0.25) is 10.0 Å². The third-order valence-corrected chi connectivity index (χ3v) is 6.88. The molecule has 3 aromatic carbocycles. The van der Waals surface area contributed by atoms with Crippen LogP contribution in [0, 0.1) is 0 Å². The highest BCUT2D eigenvalue weighted by Crippen LogP contribution is 2.35. The van der Waals surface area contributed by atoms with Crippen molar-refractivity contribution in [3.8, 4) is 17.2 Å². The molecule has 0 spiro atoms. The van der Waals surface area contributed by atoms with Gasteiger partial charge in [-0.15, -0.1) is 0 Å². The zero-order valence-corrected chi connectivity index (χ0v) is 21.2. The highest BCUT2D eigenvalue weighted by Gasteiger charge is 2.21. The molecule has 0 radical (unpaired) electrons. The number of rotatable bonds is 10. The van der Waals surface area contributed by atoms with Crippen molar-refractivity contribution in [3.63, 3.8) is 0 Å². The number of carbonyl (C=O) groups excluding carboxylic acids is 1. The molecule has 1 aliphatic rings. The highest BCUT2D eigenvalue weighted by atomic mass is 32.2. The molecule has 1 N–H and O–H groups in total. The summed E-state index contributed by atoms with van der Waals surface area (Å²) < 4.78 is 43.2. The molecule has 1 aliphatic heterocycles. The average Bonchev–Trinajstić information content (AvgIpc) is 2.89. The SMILES string of the molecule is CCc1ccc(OCCNC(=O)c2ccc(CN(c3ccc4c(c3)OCCO4)S(C)(=O)=O)cc2)cc1. The summed E-state index contributed by atoms with van der Waals surface area (Å²) in [6.45, 7) is 3.81. The van der Waals surface area contributed by atoms with Crippen LogP contribution < -0.4 is 23.8 Å². The van der Waals surface area contributed by atoms with Crippen LogP contribution in [0.4, 0.5) is 5.69 Å². The summed E-state index contributed by atoms with van der Waals surface area (Å²) in [6, 6.07) is 19.8. The number of aryl methyl sites for hydroxylation is 1. The molecule has 0 aliphatic carbocycles. The zero-order chi connectivity index (χ0) is 25.5. The smallest absolute Gasteiger partial charge is 0.251 e. The summed E-state index contributed by atoms with van der Waals surface area (Å²) in [7, 11) is -3.57. The maximum absolute atomic E-state index is 12.5. The van der Waals surface area contributed by atoms with Gasteiger partial charge >= 0.3 is 0 Å². The Labute approximate surface area is 211 Å². The second-order valence-electron chi connectivity index (χ2n) is 8.40. The summed E-state index contributed by atoms with van der Waals surface area (Å²) in [6.07, 6.45) is 2.13. The van der Waals surface area contributed by atoms with Gasteiger partial charge in [-0.2, -0.15) is 0 Å². The van der Waals surface area contributed by atoms with Gasteiger partial charge in [0.05, 0.1) is 25.0 Å². The predicted octanol–water partition coefficient (Wildman–Crippen LogP) is 3.80. The van der Waals surface area contributed by atoms with Crippen LogP contribution in [0.15, 0.2) is 66.7 Å². The van der Waals surface area contributed by atoms with E-state index in [9.17, 15) is 13.2 Å². The van der Waals surface area contributed by atoms with Crippen LogP contribution in [-0.4, -0.2) is 46.9 Å². The first-order chi connectivity index (χ1) is 17.3. The van der Waals surface area contributed by atoms with Crippen LogP contribution in [0.3, 0.4) is 0 Å². The quantitative estimate of drug-likeness (QED) is 0.417. The molecule has 190 valence electrons. The standard InChI is InChI=1S/C27H30N2O6S/c1-3-20-6-11-24(12-7-20)33-15-14-28-27(30)22-8-4-21(5-9-22)19-29(36(2,31)32)23-10-13-25-26(18-23)35-17-16-34-25/h4-13,18H,3,14-17,19H2,1-2H3,(H,28,30). The van der Waals surface area contributed by atoms with Crippen molar-refractivity contribution in [1.29, 1.82) is 0 Å². The number of fused-ring (bicyclic) bond motifs is 1. The van der Waals surface area contributed by atoms with Crippen LogP contribution in [0.1, 0.15) is 28.4 Å². The molecular weight excluding hydrogens is 480 g/mol. The van der Waals surface area contributed by atoms with Crippen molar-refractivity contribution in [3.05, 3.63) is 83.4 Å². The fourth-order valence-corrected chi connectivity index (χ4v) is 4.65. The van der Waals surface area contributed by atoms with Crippen LogP contribution >= 0.6 is 0 Å². The molecule has 0 saturated carbocycles. The van der Waals surface area contributed by atoms with Crippen molar-refractivity contribution in [1.82, 2.24) is 5.32 Å². The summed E-state index contributed by atoms with van der Waals surface area (Å²) >= 11 is 0. The molecule has 8 nitrogen and oxygen atoms in total. The molecule has 3 aromatic rings. The minimum Gasteiger partial charge on any atom is -0.492 e. The molecule has 0 bridgehead atoms. The van der Waals surface area contributed by atoms with Crippen LogP contribution in [0.5, 0.6) is 17.2 Å². The van der Waals surface area contributed by atoms with E-state index in [0.29, 0.717) is 49.1 Å². The largest absolute Gasteiger partial charge is 0.492 e. The van der Waals surface area contributed by atoms with E-state index >= 15 is 0 Å². The van der Waals surface area contributed by atoms with E-state index in [-0.39, 0.29) is 12.5 Å². The molecule has 4 rings (SSSR count). The maximum Gasteiger partial charge on any atom is 0.251 e. The summed E-state index contributed by atoms with van der Waals surface area (Å²) in [5.74, 6) is 1.65. The van der Waals surface area contributed by atoms with Crippen molar-refractivity contribution < 1.29 is 27.4 Å². The Balaban J connectivity index is 1.34. The van der Waals surface area contributed by atoms with E-state index < -0.39 is 10.0 Å². The second-order valence-corrected chi connectivity index (χ2v) is 10.3. The van der Waals surface area contributed by atoms with Gasteiger partial charge in [0.1, 0.15) is 25.6 Å². The van der Waals surface area contributed by atoms with Gasteiger partial charge in [-0.1, -0.05) is 31.2 Å². The lowest BCUT2D eigenvalue weighted by Gasteiger charge is -2.25. The Morgan fingerprint density at radius 2 is 1.61 bits per heavy atom. The Hall–Kier alpha value is -3.72. The van der Waals surface area contributed by atoms with Crippen molar-refractivity contribution in [2.24, 2.45) is 0 Å². The van der Waals surface area contributed by atoms with E-state index in [1.807, 2.05) is 24.3 Å². The van der Waals surface area contributed by atoms with Crippen molar-refractivity contribution in [2.45, 2.75) is 19.9 Å². The van der Waals surface area contributed by atoms with Gasteiger partial charge in [0.15, 0.2) is 11.5 Å². The van der Waals surface area contributed by atoms with Gasteiger partial charge in [-0.05, 0) is 53.9 Å². The average molecular weight is 511 g/mol. The van der Waals surface area contributed by atoms with E-state index in [2.05, 4.69) is 12.2 Å². The number of ether oxygens (including phenoxy) is 3. The van der Waals surface area contributed by atoms with Gasteiger partial charge in [0.25, 0.3) is 5.91 Å². The molecule has 0 fully saturated rings. The van der Waals surface area contributed by atoms with E-state index in [4.69, 9.17) is 14.2 Å². The van der Waals surface area contributed by atoms with E-state index in [0.717, 1.165) is 24.0 Å². The zero-order valence-electron chi connectivity index (χ0n) is 20.4. The number of sulfonamides is 1. The molecule has 9 heteroatoms. The van der Waals surface area contributed by atoms with Gasteiger partial charge in [-0.25, -0.2) is 8.42 Å². The summed E-state index contributed by atoms with van der Waals surface area (Å²) in [4.78, 5) is 12.5. The predicted molar refractivity (Wildman–Crippen MR) is 139 cm³/mol. The number of nitrogens with one attached hydrogen (secondary N) is 1. The fourth-order valence-electron chi connectivity index (χ4n) is 3.77. The molecule has 0 saturated heterocycles. The molecule has 0 unspecified atom stereocenters. The summed E-state index contributed by atoms with van der Waals surface area (Å²) in [5.41, 5.74) is 2.94. The third-order valence-electron chi connectivity index (χ3n) is 5.74. The first kappa shape index (κ1) is 25.4. The van der Waals surface area contributed by atoms with Crippen molar-refractivity contribution in [2.75, 3.05) is 36.9 Å². The number of hydrogen-bond acceptors (Lipinski definition) is 6. The maximum atomic E-state index is 12.5. The van der Waals surface area contributed by atoms with Crippen molar-refractivity contribution >= 4 is 21.6 Å². The molecule has 0 atom stereocenters. The molecular formula is C27H30N2O6S. The minimum absolute atomic E-state index is 0.116. The lowest BCUT2D eigenvalue weighted by atomic mass is 10.1. The normalized spacial score (nSPS) is 12.6. The van der Waals surface area contributed by atoms with Gasteiger partial charge < -0.3 is 19.5 Å². The number of benzene rings is 3. The number of anilines is 1. The van der Waals surface area contributed by atoms with Crippen LogP contribution in [0.2, 0.25) is 0 Å². The number of amides is 1. The van der Waals surface area contributed by atoms with E-state index in [1.165, 1.54) is 9.87 Å². The fraction of sp³-hybridized carbons (Fsp3) is 0.296. The Bertz CT molecular complexity index is 1290. The monoisotopic (exact) mass is 510 g/mol. The highest BCUT2D eigenvalue weighted by molar-refractivity contribution is 7.92. The molecule has 0 aromatic heterocycles. The summed E-state index contributed by atoms with van der Waals surface area (Å²) in [5, 5.41) is 2.84. The third kappa shape index (κ3) is 6.48. The van der Waals surface area contributed by atoms with Gasteiger partial charge in [0, 0.05) is 11.6 Å². The first-order valence-electron chi connectivity index (χ1n) is 11.8. The minimum atomic E-state index is -3.57.